The molecule has 0 saturated carbocycles. The molecule has 0 bridgehead atoms. The third kappa shape index (κ3) is 11.8. The van der Waals surface area contributed by atoms with E-state index in [-0.39, 0.29) is 0 Å². The first-order valence-electron chi connectivity index (χ1n) is 9.50. The summed E-state index contributed by atoms with van der Waals surface area (Å²) in [6.45, 7) is 7.54. The number of alkyl halides is 3. The minimum atomic E-state index is -6.09. The molecule has 0 amide bonds. The molecule has 25 heavy (non-hydrogen) atoms. The molecule has 1 heterocycles. The Bertz CT molecular complexity index is 427. The van der Waals surface area contributed by atoms with Gasteiger partial charge in [-0.05, 0) is 25.7 Å². The largest absolute Gasteiger partial charge is 0.741 e. The molecule has 1 rings (SSSR count). The number of rotatable bonds is 10. The second kappa shape index (κ2) is 12.9. The maximum atomic E-state index is 10.7. The summed E-state index contributed by atoms with van der Waals surface area (Å²) >= 11 is 0. The van der Waals surface area contributed by atoms with Crippen molar-refractivity contribution in [3.05, 3.63) is 0 Å². The van der Waals surface area contributed by atoms with E-state index < -0.39 is 15.6 Å². The van der Waals surface area contributed by atoms with E-state index in [1.54, 1.807) is 0 Å². The first kappa shape index (κ1) is 24.7. The van der Waals surface area contributed by atoms with Crippen LogP contribution < -0.4 is 4.90 Å². The van der Waals surface area contributed by atoms with Gasteiger partial charge in [0.1, 0.15) is 0 Å². The molecule has 1 saturated heterocycles. The van der Waals surface area contributed by atoms with Gasteiger partial charge in [0.2, 0.25) is 0 Å². The van der Waals surface area contributed by atoms with E-state index in [0.29, 0.717) is 0 Å². The predicted molar refractivity (Wildman–Crippen MR) is 92.4 cm³/mol. The van der Waals surface area contributed by atoms with Gasteiger partial charge in [0, 0.05) is 12.8 Å². The summed E-state index contributed by atoms with van der Waals surface area (Å²) in [6, 6.07) is 1.02. The molecule has 152 valence electrons. The van der Waals surface area contributed by atoms with Gasteiger partial charge in [-0.1, -0.05) is 46.0 Å². The maximum Gasteiger partial charge on any atom is 0.485 e. The Labute approximate surface area is 150 Å². The van der Waals surface area contributed by atoms with Crippen LogP contribution in [-0.4, -0.2) is 37.6 Å². The third-order valence-corrected chi connectivity index (χ3v) is 5.24. The van der Waals surface area contributed by atoms with E-state index in [1.165, 1.54) is 83.7 Å². The highest BCUT2D eigenvalue weighted by molar-refractivity contribution is 7.86. The fourth-order valence-electron chi connectivity index (χ4n) is 3.24. The highest BCUT2D eigenvalue weighted by atomic mass is 32.2. The zero-order chi connectivity index (χ0) is 19.3. The molecule has 4 nitrogen and oxygen atoms in total. The van der Waals surface area contributed by atoms with Gasteiger partial charge in [-0.2, -0.15) is 13.2 Å². The Balaban J connectivity index is 0.000000609. The molecule has 1 N–H and O–H groups in total. The molecule has 0 radical (unpaired) electrons. The third-order valence-electron chi connectivity index (χ3n) is 4.67. The number of halogens is 3. The highest BCUT2D eigenvalue weighted by Crippen LogP contribution is 2.20. The standard InChI is InChI=1S/C16H33N.CHF3O3S/c1-3-5-7-8-9-10-14-17-15-11-13-16(17)12-6-4-2;2-1(3,4)8(5,6)7/h16H,3-15H2,1-2H3;(H,5,6,7). The van der Waals surface area contributed by atoms with E-state index in [2.05, 4.69) is 13.8 Å². The van der Waals surface area contributed by atoms with Gasteiger partial charge in [0.15, 0.2) is 10.1 Å². The monoisotopic (exact) mass is 389 g/mol. The number of hydrogen-bond acceptors (Lipinski definition) is 3. The van der Waals surface area contributed by atoms with Crippen LogP contribution in [0, 0.1) is 0 Å². The summed E-state index contributed by atoms with van der Waals surface area (Å²) in [4.78, 5) is 1.94. The first-order chi connectivity index (χ1) is 11.6. The molecule has 8 heteroatoms. The van der Waals surface area contributed by atoms with Crippen LogP contribution in [0.1, 0.15) is 84.5 Å². The van der Waals surface area contributed by atoms with Crippen molar-refractivity contribution in [2.24, 2.45) is 0 Å². The molecule has 2 unspecified atom stereocenters. The van der Waals surface area contributed by atoms with Gasteiger partial charge in [-0.25, -0.2) is 8.42 Å². The van der Waals surface area contributed by atoms with Crippen LogP contribution in [0.25, 0.3) is 0 Å². The molecular weight excluding hydrogens is 355 g/mol. The zero-order valence-electron chi connectivity index (χ0n) is 15.5. The quantitative estimate of drug-likeness (QED) is 0.353. The van der Waals surface area contributed by atoms with E-state index in [0.717, 1.165) is 6.04 Å². The van der Waals surface area contributed by atoms with Crippen molar-refractivity contribution in [1.82, 2.24) is 0 Å². The number of hydrogen-bond donors (Lipinski definition) is 1. The van der Waals surface area contributed by atoms with Crippen LogP contribution in [0.15, 0.2) is 0 Å². The Morgan fingerprint density at radius 3 is 2.04 bits per heavy atom. The van der Waals surface area contributed by atoms with Crippen molar-refractivity contribution in [3.63, 3.8) is 0 Å². The Kier molecular flexibility index (Phi) is 12.7. The Hall–Kier alpha value is -0.340. The average Bonchev–Trinajstić information content (AvgIpc) is 2.94. The normalized spacial score (nSPS) is 21.0. The summed E-state index contributed by atoms with van der Waals surface area (Å²) in [7, 11) is -6.09. The SMILES string of the molecule is CCCCCCCC[NH+]1CCCC1CCCC.O=S(=O)([O-])C(F)(F)F. The number of quaternary nitrogens is 1. The van der Waals surface area contributed by atoms with Crippen LogP contribution in [-0.2, 0) is 10.1 Å². The fourth-order valence-corrected chi connectivity index (χ4v) is 3.24. The molecule has 0 aromatic rings. The summed E-state index contributed by atoms with van der Waals surface area (Å²) < 4.78 is 58.9. The van der Waals surface area contributed by atoms with Gasteiger partial charge in [0.05, 0.1) is 19.1 Å². The molecule has 1 aliphatic rings. The van der Waals surface area contributed by atoms with Crippen molar-refractivity contribution >= 4 is 10.1 Å². The van der Waals surface area contributed by atoms with Crippen molar-refractivity contribution in [3.8, 4) is 0 Å². The second-order valence-electron chi connectivity index (χ2n) is 6.81. The van der Waals surface area contributed by atoms with Crippen LogP contribution in [0.5, 0.6) is 0 Å². The van der Waals surface area contributed by atoms with E-state index in [1.807, 2.05) is 4.90 Å². The van der Waals surface area contributed by atoms with Gasteiger partial charge >= 0.3 is 5.51 Å². The van der Waals surface area contributed by atoms with Crippen LogP contribution in [0.4, 0.5) is 13.2 Å². The van der Waals surface area contributed by atoms with Gasteiger partial charge in [0.25, 0.3) is 0 Å². The molecular formula is C17H34F3NO3S. The Morgan fingerprint density at radius 1 is 1.00 bits per heavy atom. The van der Waals surface area contributed by atoms with E-state index >= 15 is 0 Å². The number of likely N-dealkylation sites (tertiary alicyclic amines) is 1. The average molecular weight is 390 g/mol. The zero-order valence-corrected chi connectivity index (χ0v) is 16.4. The molecule has 0 spiro atoms. The molecule has 0 aliphatic carbocycles. The molecule has 1 aliphatic heterocycles. The van der Waals surface area contributed by atoms with Crippen molar-refractivity contribution in [2.75, 3.05) is 13.1 Å². The summed E-state index contributed by atoms with van der Waals surface area (Å²) in [5.74, 6) is 0. The van der Waals surface area contributed by atoms with Crippen LogP contribution in [0.2, 0.25) is 0 Å². The maximum absolute atomic E-state index is 10.7. The lowest BCUT2D eigenvalue weighted by atomic mass is 10.1. The van der Waals surface area contributed by atoms with Crippen LogP contribution >= 0.6 is 0 Å². The highest BCUT2D eigenvalue weighted by Gasteiger charge is 2.36. The molecule has 0 aromatic carbocycles. The van der Waals surface area contributed by atoms with Gasteiger partial charge in [-0.3, -0.25) is 0 Å². The van der Waals surface area contributed by atoms with Crippen molar-refractivity contribution in [1.29, 1.82) is 0 Å². The first-order valence-corrected chi connectivity index (χ1v) is 10.9. The smallest absolute Gasteiger partial charge is 0.485 e. The summed E-state index contributed by atoms with van der Waals surface area (Å²) in [6.07, 6.45) is 16.0. The summed E-state index contributed by atoms with van der Waals surface area (Å²) in [5.41, 5.74) is -5.65. The predicted octanol–water partition coefficient (Wildman–Crippen LogP) is 3.64. The molecule has 0 aromatic heterocycles. The lowest BCUT2D eigenvalue weighted by Gasteiger charge is -2.21. The molecule has 2 atom stereocenters. The topological polar surface area (TPSA) is 61.6 Å². The summed E-state index contributed by atoms with van der Waals surface area (Å²) in [5, 5.41) is 0. The van der Waals surface area contributed by atoms with Gasteiger partial charge < -0.3 is 9.45 Å². The lowest BCUT2D eigenvalue weighted by molar-refractivity contribution is -0.912. The van der Waals surface area contributed by atoms with E-state index in [9.17, 15) is 13.2 Å². The van der Waals surface area contributed by atoms with E-state index in [4.69, 9.17) is 13.0 Å². The minimum Gasteiger partial charge on any atom is -0.741 e. The van der Waals surface area contributed by atoms with Gasteiger partial charge in [-0.15, -0.1) is 0 Å². The lowest BCUT2D eigenvalue weighted by Crippen LogP contribution is -3.13. The minimum absolute atomic E-state index is 1.02. The molecule has 1 fully saturated rings. The second-order valence-corrected chi connectivity index (χ2v) is 8.18. The Morgan fingerprint density at radius 2 is 1.52 bits per heavy atom. The number of unbranched alkanes of at least 4 members (excludes halogenated alkanes) is 6. The van der Waals surface area contributed by atoms with Crippen molar-refractivity contribution in [2.45, 2.75) is 96.0 Å². The van der Waals surface area contributed by atoms with Crippen molar-refractivity contribution < 1.29 is 31.0 Å². The fraction of sp³-hybridized carbons (Fsp3) is 1.00. The van der Waals surface area contributed by atoms with Crippen LogP contribution in [0.3, 0.4) is 0 Å². The number of nitrogens with one attached hydrogen (secondary N) is 1.